The van der Waals surface area contributed by atoms with Crippen molar-refractivity contribution < 1.29 is 9.21 Å². The van der Waals surface area contributed by atoms with E-state index in [4.69, 9.17) is 4.42 Å². The predicted molar refractivity (Wildman–Crippen MR) is 124 cm³/mol. The molecule has 1 fully saturated rings. The van der Waals surface area contributed by atoms with Crippen molar-refractivity contribution in [3.63, 3.8) is 0 Å². The Balaban J connectivity index is 1.75. The van der Waals surface area contributed by atoms with E-state index in [9.17, 15) is 9.59 Å². The molecule has 8 nitrogen and oxygen atoms in total. The van der Waals surface area contributed by atoms with Crippen molar-refractivity contribution in [2.75, 3.05) is 11.9 Å². The Kier molecular flexibility index (Phi) is 5.62. The fourth-order valence-corrected chi connectivity index (χ4v) is 4.12. The molecule has 0 atom stereocenters. The largest absolute Gasteiger partial charge is 0.460 e. The molecule has 0 saturated carbocycles. The molecule has 0 unspecified atom stereocenters. The Hall–Kier alpha value is -3.42. The van der Waals surface area contributed by atoms with Crippen LogP contribution >= 0.6 is 0 Å². The first-order chi connectivity index (χ1) is 15.2. The maximum absolute atomic E-state index is 12.9. The third kappa shape index (κ3) is 4.17. The lowest BCUT2D eigenvalue weighted by molar-refractivity contribution is 0.178. The topological polar surface area (TPSA) is 93.3 Å². The van der Waals surface area contributed by atoms with Gasteiger partial charge in [0.15, 0.2) is 5.76 Å². The van der Waals surface area contributed by atoms with E-state index in [0.29, 0.717) is 23.6 Å². The first kappa shape index (κ1) is 21.8. The fourth-order valence-electron chi connectivity index (χ4n) is 4.12. The van der Waals surface area contributed by atoms with Crippen LogP contribution in [0.15, 0.2) is 45.9 Å². The molecular weight excluding hydrogens is 406 g/mol. The molecule has 0 aliphatic carbocycles. The Morgan fingerprint density at radius 3 is 2.62 bits per heavy atom. The summed E-state index contributed by atoms with van der Waals surface area (Å²) < 4.78 is 7.51. The molecule has 2 amide bonds. The highest BCUT2D eigenvalue weighted by molar-refractivity contribution is 5.89. The number of hydrogen-bond acceptors (Lipinski definition) is 5. The Morgan fingerprint density at radius 2 is 2.00 bits per heavy atom. The second kappa shape index (κ2) is 8.26. The summed E-state index contributed by atoms with van der Waals surface area (Å²) in [4.78, 5) is 35.9. The number of carbonyl (C=O) groups is 1. The van der Waals surface area contributed by atoms with Crippen LogP contribution in [0.5, 0.6) is 0 Å². The van der Waals surface area contributed by atoms with E-state index in [0.717, 1.165) is 24.2 Å². The van der Waals surface area contributed by atoms with Gasteiger partial charge in [0, 0.05) is 47.7 Å². The number of pyridine rings is 1. The van der Waals surface area contributed by atoms with Crippen molar-refractivity contribution >= 4 is 12.0 Å². The van der Waals surface area contributed by atoms with Gasteiger partial charge in [0.2, 0.25) is 5.95 Å². The molecule has 1 aliphatic heterocycles. The Morgan fingerprint density at radius 1 is 1.22 bits per heavy atom. The summed E-state index contributed by atoms with van der Waals surface area (Å²) in [5.74, 6) is 1.53. The van der Waals surface area contributed by atoms with Gasteiger partial charge < -0.3 is 13.9 Å². The Labute approximate surface area is 187 Å². The van der Waals surface area contributed by atoms with Crippen molar-refractivity contribution in [1.29, 1.82) is 0 Å². The zero-order valence-electron chi connectivity index (χ0n) is 19.2. The van der Waals surface area contributed by atoms with E-state index in [1.54, 1.807) is 23.0 Å². The minimum absolute atomic E-state index is 0.0139. The molecule has 8 heteroatoms. The molecule has 0 radical (unpaired) electrons. The van der Waals surface area contributed by atoms with Crippen molar-refractivity contribution in [3.05, 3.63) is 52.8 Å². The minimum Gasteiger partial charge on any atom is -0.460 e. The van der Waals surface area contributed by atoms with Crippen LogP contribution in [0.3, 0.4) is 0 Å². The zero-order chi connectivity index (χ0) is 23.0. The van der Waals surface area contributed by atoms with Gasteiger partial charge in [-0.3, -0.25) is 10.1 Å². The molecule has 4 heterocycles. The van der Waals surface area contributed by atoms with Crippen LogP contribution in [-0.4, -0.2) is 37.5 Å². The summed E-state index contributed by atoms with van der Waals surface area (Å²) in [5.41, 5.74) is 1.79. The summed E-state index contributed by atoms with van der Waals surface area (Å²) in [6.07, 6.45) is 5.40. The van der Waals surface area contributed by atoms with Crippen molar-refractivity contribution in [2.24, 2.45) is 0 Å². The predicted octanol–water partition coefficient (Wildman–Crippen LogP) is 4.86. The second-order valence-electron chi connectivity index (χ2n) is 9.12. The molecule has 0 spiro atoms. The number of nitrogens with one attached hydrogen (secondary N) is 1. The van der Waals surface area contributed by atoms with Gasteiger partial charge in [-0.25, -0.2) is 14.8 Å². The summed E-state index contributed by atoms with van der Waals surface area (Å²) >= 11 is 0. The van der Waals surface area contributed by atoms with E-state index in [1.165, 1.54) is 6.07 Å². The van der Waals surface area contributed by atoms with E-state index < -0.39 is 0 Å². The first-order valence-corrected chi connectivity index (χ1v) is 10.9. The van der Waals surface area contributed by atoms with E-state index in [-0.39, 0.29) is 29.1 Å². The summed E-state index contributed by atoms with van der Waals surface area (Å²) in [6, 6.07) is 6.80. The van der Waals surface area contributed by atoms with Crippen molar-refractivity contribution in [2.45, 2.75) is 59.0 Å². The number of nitrogens with zero attached hydrogens (tertiary/aromatic N) is 4. The smallest absolute Gasteiger partial charge is 0.324 e. The number of anilines is 1. The highest BCUT2D eigenvalue weighted by Gasteiger charge is 2.35. The lowest BCUT2D eigenvalue weighted by Gasteiger charge is -2.31. The van der Waals surface area contributed by atoms with E-state index in [1.807, 2.05) is 37.8 Å². The quantitative estimate of drug-likeness (QED) is 0.632. The fraction of sp³-hybridized carbons (Fsp3) is 0.417. The number of urea groups is 1. The monoisotopic (exact) mass is 435 g/mol. The third-order valence-electron chi connectivity index (χ3n) is 5.93. The van der Waals surface area contributed by atoms with E-state index >= 15 is 0 Å². The van der Waals surface area contributed by atoms with Crippen LogP contribution in [0.1, 0.15) is 52.3 Å². The van der Waals surface area contributed by atoms with Gasteiger partial charge in [-0.2, -0.15) is 0 Å². The summed E-state index contributed by atoms with van der Waals surface area (Å²) in [5, 5.41) is 2.84. The van der Waals surface area contributed by atoms with Crippen LogP contribution in [0.2, 0.25) is 0 Å². The number of hydrogen-bond donors (Lipinski definition) is 1. The first-order valence-electron chi connectivity index (χ1n) is 10.9. The molecule has 168 valence electrons. The number of aromatic nitrogens is 3. The van der Waals surface area contributed by atoms with Crippen molar-refractivity contribution in [1.82, 2.24) is 19.4 Å². The van der Waals surface area contributed by atoms with Crippen LogP contribution in [0.4, 0.5) is 10.7 Å². The van der Waals surface area contributed by atoms with Gasteiger partial charge in [0.05, 0.1) is 0 Å². The molecule has 3 aromatic heterocycles. The molecule has 1 saturated heterocycles. The molecule has 0 bridgehead atoms. The van der Waals surface area contributed by atoms with Gasteiger partial charge in [-0.05, 0) is 65.7 Å². The number of furan rings is 1. The third-order valence-corrected chi connectivity index (χ3v) is 5.93. The number of carbonyl (C=O) groups excluding carboxylic acids is 1. The van der Waals surface area contributed by atoms with Crippen LogP contribution in [-0.2, 0) is 0 Å². The molecule has 32 heavy (non-hydrogen) atoms. The number of amides is 2. The molecular formula is C24H29N5O3. The number of rotatable bonds is 4. The molecule has 4 rings (SSSR count). The van der Waals surface area contributed by atoms with Gasteiger partial charge in [-0.15, -0.1) is 0 Å². The summed E-state index contributed by atoms with van der Waals surface area (Å²) in [6.45, 7) is 10.6. The van der Waals surface area contributed by atoms with Gasteiger partial charge in [-0.1, -0.05) is 0 Å². The second-order valence-corrected chi connectivity index (χ2v) is 9.12. The normalized spacial score (nSPS) is 15.4. The van der Waals surface area contributed by atoms with Crippen LogP contribution in [0, 0.1) is 6.92 Å². The lowest BCUT2D eigenvalue weighted by atomic mass is 10.0. The lowest BCUT2D eigenvalue weighted by Crippen LogP contribution is -2.45. The molecule has 3 aromatic rings. The van der Waals surface area contributed by atoms with Crippen LogP contribution in [0.25, 0.3) is 22.6 Å². The average molecular weight is 436 g/mol. The SMILES string of the molecule is Cc1ccc(-c2nc(NC(=O)N3CCCC3(C)C)ncc2-c2ccc(=O)n(C(C)C)c2)o1. The molecule has 1 aliphatic rings. The number of aryl methyl sites for hydroxylation is 1. The average Bonchev–Trinajstić information content (AvgIpc) is 3.32. The molecule has 0 aromatic carbocycles. The van der Waals surface area contributed by atoms with Crippen molar-refractivity contribution in [3.8, 4) is 22.6 Å². The van der Waals surface area contributed by atoms with Crippen LogP contribution < -0.4 is 10.9 Å². The minimum atomic E-state index is -0.213. The van der Waals surface area contributed by atoms with Gasteiger partial charge >= 0.3 is 6.03 Å². The Bertz CT molecular complexity index is 1210. The highest BCUT2D eigenvalue weighted by Crippen LogP contribution is 2.33. The highest BCUT2D eigenvalue weighted by atomic mass is 16.3. The maximum atomic E-state index is 12.9. The van der Waals surface area contributed by atoms with Gasteiger partial charge in [0.1, 0.15) is 11.5 Å². The van der Waals surface area contributed by atoms with E-state index in [2.05, 4.69) is 29.1 Å². The standard InChI is InChI=1S/C24H29N5O3/c1-15(2)28-14-17(8-10-20(28)30)18-13-25-22(26-21(18)19-9-7-16(3)32-19)27-23(31)29-12-6-11-24(29,4)5/h7-10,13-15H,6,11-12H2,1-5H3,(H,25,26,27,31). The number of likely N-dealkylation sites (tertiary alicyclic amines) is 1. The maximum Gasteiger partial charge on any atom is 0.324 e. The summed E-state index contributed by atoms with van der Waals surface area (Å²) in [7, 11) is 0. The zero-order valence-corrected chi connectivity index (χ0v) is 19.2. The molecule has 1 N–H and O–H groups in total. The van der Waals surface area contributed by atoms with Gasteiger partial charge in [0.25, 0.3) is 5.56 Å².